The smallest absolute Gasteiger partial charge is 0.219 e. The van der Waals surface area contributed by atoms with Gasteiger partial charge in [-0.2, -0.15) is 0 Å². The fraction of sp³-hybridized carbons (Fsp3) is 0.0667. The first-order chi connectivity index (χ1) is 11.2. The second-order valence-electron chi connectivity index (χ2n) is 5.59. The van der Waals surface area contributed by atoms with Crippen molar-refractivity contribution in [1.29, 1.82) is 0 Å². The van der Waals surface area contributed by atoms with Crippen LogP contribution in [0.5, 0.6) is 0 Å². The lowest BCUT2D eigenvalue weighted by Crippen LogP contribution is -2.20. The maximum atomic E-state index is 13.5. The molecule has 1 aromatic heterocycles. The van der Waals surface area contributed by atoms with E-state index in [1.807, 2.05) is 0 Å². The van der Waals surface area contributed by atoms with E-state index in [-0.39, 0.29) is 15.4 Å². The average Bonchev–Trinajstić information content (AvgIpc) is 2.87. The van der Waals surface area contributed by atoms with E-state index in [1.165, 1.54) is 24.3 Å². The van der Waals surface area contributed by atoms with Gasteiger partial charge in [0.2, 0.25) is 0 Å². The van der Waals surface area contributed by atoms with Gasteiger partial charge in [-0.1, -0.05) is 55.3 Å². The normalized spacial score (nSPS) is 15.8. The first-order valence-corrected chi connectivity index (χ1v) is 10.3. The highest BCUT2D eigenvalue weighted by molar-refractivity contribution is 8.45. The van der Waals surface area contributed by atoms with Gasteiger partial charge in [0, 0.05) is 5.39 Å². The van der Waals surface area contributed by atoms with Gasteiger partial charge >= 0.3 is 10.2 Å². The van der Waals surface area contributed by atoms with E-state index in [0.29, 0.717) is 5.56 Å². The first kappa shape index (κ1) is 17.7. The van der Waals surface area contributed by atoms with Crippen molar-refractivity contribution in [2.24, 2.45) is 0 Å². The van der Waals surface area contributed by atoms with Crippen LogP contribution in [-0.2, 0) is 10.0 Å². The zero-order chi connectivity index (χ0) is 18.7. The van der Waals surface area contributed by atoms with Crippen LogP contribution in [0.25, 0.3) is 10.9 Å². The summed E-state index contributed by atoms with van der Waals surface area (Å²) in [5.74, 6) is 0. The van der Waals surface area contributed by atoms with Gasteiger partial charge in [0.05, 0.1) is 10.4 Å². The summed E-state index contributed by atoms with van der Waals surface area (Å²) in [4.78, 5) is -0.512. The van der Waals surface area contributed by atoms with Crippen LogP contribution >= 0.6 is 10.2 Å². The van der Waals surface area contributed by atoms with Crippen LogP contribution in [0.1, 0.15) is 5.56 Å². The minimum atomic E-state index is -10.3. The van der Waals surface area contributed by atoms with E-state index in [4.69, 9.17) is 0 Å². The quantitative estimate of drug-likeness (QED) is 0.521. The van der Waals surface area contributed by atoms with E-state index in [0.717, 1.165) is 24.3 Å². The number of aryl methyl sites for hydroxylation is 1. The highest BCUT2D eigenvalue weighted by atomic mass is 32.5. The van der Waals surface area contributed by atoms with Crippen LogP contribution in [0.3, 0.4) is 0 Å². The molecule has 0 saturated heterocycles. The molecule has 0 spiro atoms. The summed E-state index contributed by atoms with van der Waals surface area (Å²) >= 11 is 0. The molecule has 0 unspecified atom stereocenters. The maximum Gasteiger partial charge on any atom is 0.325 e. The fourth-order valence-electron chi connectivity index (χ4n) is 2.44. The summed E-state index contributed by atoms with van der Waals surface area (Å²) in [5, 5.41) is -2.71. The Morgan fingerprint density at radius 3 is 2.00 bits per heavy atom. The first-order valence-electron chi connectivity index (χ1n) is 6.87. The molecule has 10 heteroatoms. The Balaban J connectivity index is 2.46. The zero-order valence-corrected chi connectivity index (χ0v) is 14.3. The number of halogens is 5. The molecule has 3 nitrogen and oxygen atoms in total. The standard InChI is InChI=1S/C15H12F5NO2S2/c1-11-6-8-13(9-7-11)24(22,23)21-14-5-3-2-4-12(14)10-15(21)25(16,17,18,19)20/h2-10H,1H3. The lowest BCUT2D eigenvalue weighted by atomic mass is 10.2. The Kier molecular flexibility index (Phi) is 3.23. The van der Waals surface area contributed by atoms with Crippen LogP contribution in [0.4, 0.5) is 19.4 Å². The van der Waals surface area contributed by atoms with Crippen molar-refractivity contribution >= 4 is 31.2 Å². The number of para-hydroxylation sites is 1. The third kappa shape index (κ3) is 3.11. The Hall–Kier alpha value is -2.07. The summed E-state index contributed by atoms with van der Waals surface area (Å²) in [7, 11) is -15.1. The maximum absolute atomic E-state index is 13.5. The number of fused-ring (bicyclic) bond motifs is 1. The molecule has 1 heterocycles. The van der Waals surface area contributed by atoms with Crippen LogP contribution in [0.2, 0.25) is 0 Å². The largest absolute Gasteiger partial charge is 0.325 e. The highest BCUT2D eigenvalue weighted by Crippen LogP contribution is 3.02. The molecule has 0 amide bonds. The molecule has 3 aromatic rings. The summed E-state index contributed by atoms with van der Waals surface area (Å²) in [6, 6.07) is 9.87. The number of benzene rings is 2. The summed E-state index contributed by atoms with van der Waals surface area (Å²) < 4.78 is 92.5. The van der Waals surface area contributed by atoms with E-state index in [2.05, 4.69) is 0 Å². The van der Waals surface area contributed by atoms with Crippen LogP contribution in [0.15, 0.2) is 64.5 Å². The molecule has 0 aliphatic heterocycles. The van der Waals surface area contributed by atoms with Gasteiger partial charge in [-0.25, -0.2) is 12.4 Å². The fourth-order valence-corrected chi connectivity index (χ4v) is 5.32. The number of hydrogen-bond acceptors (Lipinski definition) is 2. The third-order valence-corrected chi connectivity index (χ3v) is 6.54. The Morgan fingerprint density at radius 2 is 1.44 bits per heavy atom. The molecule has 136 valence electrons. The van der Waals surface area contributed by atoms with E-state index >= 15 is 0 Å². The molecule has 25 heavy (non-hydrogen) atoms. The van der Waals surface area contributed by atoms with Crippen molar-refractivity contribution in [2.75, 3.05) is 0 Å². The van der Waals surface area contributed by atoms with Gasteiger partial charge in [-0.3, -0.25) is 0 Å². The predicted molar refractivity (Wildman–Crippen MR) is 87.1 cm³/mol. The highest BCUT2D eigenvalue weighted by Gasteiger charge is 2.68. The van der Waals surface area contributed by atoms with Crippen molar-refractivity contribution in [3.63, 3.8) is 0 Å². The van der Waals surface area contributed by atoms with Crippen molar-refractivity contribution < 1.29 is 27.8 Å². The van der Waals surface area contributed by atoms with Gasteiger partial charge in [0.25, 0.3) is 10.0 Å². The monoisotopic (exact) mass is 397 g/mol. The molecule has 0 aliphatic carbocycles. The van der Waals surface area contributed by atoms with Gasteiger partial charge in [0.15, 0.2) is 5.03 Å². The molecular formula is C15H12F5NO2S2. The van der Waals surface area contributed by atoms with Crippen LogP contribution in [-0.4, -0.2) is 12.4 Å². The number of rotatable bonds is 3. The minimum absolute atomic E-state index is 0.169. The van der Waals surface area contributed by atoms with Crippen molar-refractivity contribution in [3.05, 3.63) is 60.2 Å². The molecule has 0 radical (unpaired) electrons. The van der Waals surface area contributed by atoms with Crippen LogP contribution < -0.4 is 0 Å². The molecule has 0 fully saturated rings. The summed E-state index contributed by atoms with van der Waals surface area (Å²) in [5.41, 5.74) is 0.204. The number of aromatic nitrogens is 1. The van der Waals surface area contributed by atoms with Crippen molar-refractivity contribution in [2.45, 2.75) is 16.8 Å². The Bertz CT molecular complexity index is 1090. The summed E-state index contributed by atoms with van der Waals surface area (Å²) in [6.07, 6.45) is 0. The molecule has 0 saturated carbocycles. The van der Waals surface area contributed by atoms with E-state index < -0.39 is 35.7 Å². The van der Waals surface area contributed by atoms with E-state index in [9.17, 15) is 27.8 Å². The summed E-state index contributed by atoms with van der Waals surface area (Å²) in [6.45, 7) is 1.65. The molecule has 3 rings (SSSR count). The predicted octanol–water partition coefficient (Wildman–Crippen LogP) is 5.84. The second-order valence-corrected chi connectivity index (χ2v) is 9.74. The molecule has 0 bridgehead atoms. The van der Waals surface area contributed by atoms with Gasteiger partial charge in [0.1, 0.15) is 0 Å². The van der Waals surface area contributed by atoms with Crippen molar-refractivity contribution in [3.8, 4) is 0 Å². The Morgan fingerprint density at radius 1 is 0.880 bits per heavy atom. The molecular weight excluding hydrogens is 385 g/mol. The average molecular weight is 397 g/mol. The Labute approximate surface area is 140 Å². The lowest BCUT2D eigenvalue weighted by molar-refractivity contribution is 0.356. The molecule has 0 atom stereocenters. The van der Waals surface area contributed by atoms with Gasteiger partial charge < -0.3 is 0 Å². The number of nitrogens with zero attached hydrogens (tertiary/aromatic N) is 1. The molecule has 2 aromatic carbocycles. The minimum Gasteiger partial charge on any atom is -0.219 e. The third-order valence-electron chi connectivity index (χ3n) is 3.59. The van der Waals surface area contributed by atoms with Crippen molar-refractivity contribution in [1.82, 2.24) is 3.97 Å². The topological polar surface area (TPSA) is 39.1 Å². The lowest BCUT2D eigenvalue weighted by Gasteiger charge is -2.40. The van der Waals surface area contributed by atoms with E-state index in [1.54, 1.807) is 6.92 Å². The molecule has 0 aliphatic rings. The van der Waals surface area contributed by atoms with Gasteiger partial charge in [-0.05, 0) is 31.2 Å². The molecule has 0 N–H and O–H groups in total. The number of hydrogen-bond donors (Lipinski definition) is 0. The SMILES string of the molecule is Cc1ccc(S(=O)(=O)n2c(S(F)(F)(F)(F)F)cc3ccccc32)cc1. The van der Waals surface area contributed by atoms with Crippen LogP contribution in [0, 0.1) is 6.92 Å². The zero-order valence-electron chi connectivity index (χ0n) is 12.7. The second kappa shape index (κ2) is 4.55. The van der Waals surface area contributed by atoms with Gasteiger partial charge in [-0.15, -0.1) is 0 Å².